The van der Waals surface area contributed by atoms with Crippen LogP contribution in [0.3, 0.4) is 0 Å². The summed E-state index contributed by atoms with van der Waals surface area (Å²) in [5.41, 5.74) is 0. The third-order valence-corrected chi connectivity index (χ3v) is 1.58. The summed E-state index contributed by atoms with van der Waals surface area (Å²) in [5, 5.41) is 1.21. The fourth-order valence-corrected chi connectivity index (χ4v) is 0.711. The van der Waals surface area contributed by atoms with Gasteiger partial charge in [0.25, 0.3) is 0 Å². The number of hydrogen-bond acceptors (Lipinski definition) is 0. The Hall–Kier alpha value is -0.200. The molecule has 0 unspecified atom stereocenters. The molecule has 0 saturated heterocycles. The molecule has 0 N–H and O–H groups in total. The minimum atomic E-state index is 0.606. The Morgan fingerprint density at radius 2 is 1.00 bits per heavy atom. The van der Waals surface area contributed by atoms with Gasteiger partial charge in [0.1, 0.15) is 0 Å². The van der Waals surface area contributed by atoms with E-state index >= 15 is 0 Å². The van der Waals surface area contributed by atoms with Crippen molar-refractivity contribution in [3.05, 3.63) is 34.3 Å². The van der Waals surface area contributed by atoms with E-state index in [9.17, 15) is 0 Å². The second kappa shape index (κ2) is 10.8. The summed E-state index contributed by atoms with van der Waals surface area (Å²) < 4.78 is 0. The molecule has 0 nitrogen and oxygen atoms in total. The van der Waals surface area contributed by atoms with Crippen LogP contribution < -0.4 is 0 Å². The number of benzene rings is 1. The molecule has 12 heavy (non-hydrogen) atoms. The Bertz CT molecular complexity index is 164. The Morgan fingerprint density at radius 3 is 1.17 bits per heavy atom. The molecule has 0 amide bonds. The van der Waals surface area contributed by atoms with Gasteiger partial charge in [-0.25, -0.2) is 0 Å². The summed E-state index contributed by atoms with van der Waals surface area (Å²) in [7, 11) is 0. The van der Waals surface area contributed by atoms with Gasteiger partial charge in [-0.1, -0.05) is 63.0 Å². The van der Waals surface area contributed by atoms with E-state index in [-0.39, 0.29) is 0 Å². The first-order valence-corrected chi connectivity index (χ1v) is 4.96. The summed E-state index contributed by atoms with van der Waals surface area (Å²) >= 11 is 11.2. The highest BCUT2D eigenvalue weighted by Crippen LogP contribution is 2.19. The van der Waals surface area contributed by atoms with Crippen molar-refractivity contribution < 1.29 is 0 Å². The molecule has 0 heterocycles. The van der Waals surface area contributed by atoms with Crippen LogP contribution in [0.25, 0.3) is 0 Å². The molecule has 0 atom stereocenters. The fraction of sp³-hybridized carbons (Fsp3) is 0.400. The van der Waals surface area contributed by atoms with Crippen LogP contribution in [0, 0.1) is 0 Å². The molecule has 70 valence electrons. The van der Waals surface area contributed by atoms with Crippen LogP contribution in [0.2, 0.25) is 10.0 Å². The van der Waals surface area contributed by atoms with Crippen LogP contribution in [0.15, 0.2) is 24.3 Å². The molecule has 0 aliphatic rings. The Kier molecular flexibility index (Phi) is 12.9. The van der Waals surface area contributed by atoms with Crippen molar-refractivity contribution in [2.45, 2.75) is 27.7 Å². The van der Waals surface area contributed by atoms with Crippen molar-refractivity contribution >= 4 is 23.2 Å². The molecule has 0 fully saturated rings. The maximum Gasteiger partial charge on any atom is 0.0592 e. The van der Waals surface area contributed by atoms with Crippen molar-refractivity contribution in [3.8, 4) is 0 Å². The zero-order valence-corrected chi connectivity index (χ0v) is 9.58. The Labute approximate surface area is 85.5 Å². The van der Waals surface area contributed by atoms with Crippen LogP contribution in [0.5, 0.6) is 0 Å². The molecule has 0 aliphatic heterocycles. The maximum absolute atomic E-state index is 5.58. The standard InChI is InChI=1S/C6H4Cl2.2C2H6/c7-5-3-1-2-4-6(5)8;2*1-2/h1-4H;2*1-2H3. The molecular weight excluding hydrogens is 191 g/mol. The van der Waals surface area contributed by atoms with Crippen LogP contribution in [0.4, 0.5) is 0 Å². The average Bonchev–Trinajstić information content (AvgIpc) is 2.17. The van der Waals surface area contributed by atoms with Crippen LogP contribution >= 0.6 is 23.2 Å². The average molecular weight is 207 g/mol. The van der Waals surface area contributed by atoms with E-state index in [1.165, 1.54) is 0 Å². The fourth-order valence-electron chi connectivity index (χ4n) is 0.439. The van der Waals surface area contributed by atoms with Crippen LogP contribution in [-0.2, 0) is 0 Å². The largest absolute Gasteiger partial charge is 0.0827 e. The Balaban J connectivity index is 0. The smallest absolute Gasteiger partial charge is 0.0592 e. The molecule has 1 aromatic carbocycles. The highest BCUT2D eigenvalue weighted by Gasteiger charge is 1.89. The third kappa shape index (κ3) is 6.51. The highest BCUT2D eigenvalue weighted by atomic mass is 35.5. The van der Waals surface area contributed by atoms with Crippen molar-refractivity contribution in [2.24, 2.45) is 0 Å². The minimum Gasteiger partial charge on any atom is -0.0827 e. The lowest BCUT2D eigenvalue weighted by atomic mass is 10.4. The molecule has 1 rings (SSSR count). The summed E-state index contributed by atoms with van der Waals surface area (Å²) in [5.74, 6) is 0. The summed E-state index contributed by atoms with van der Waals surface area (Å²) in [4.78, 5) is 0. The first kappa shape index (κ1) is 14.3. The molecule has 0 spiro atoms. The quantitative estimate of drug-likeness (QED) is 0.558. The van der Waals surface area contributed by atoms with E-state index in [4.69, 9.17) is 23.2 Å². The highest BCUT2D eigenvalue weighted by molar-refractivity contribution is 6.41. The topological polar surface area (TPSA) is 0 Å². The SMILES string of the molecule is CC.CC.Clc1ccccc1Cl. The Morgan fingerprint density at radius 1 is 0.750 bits per heavy atom. The van der Waals surface area contributed by atoms with E-state index in [2.05, 4.69) is 0 Å². The molecule has 0 bridgehead atoms. The van der Waals surface area contributed by atoms with E-state index in [1.807, 2.05) is 39.8 Å². The van der Waals surface area contributed by atoms with Crippen LogP contribution in [0.1, 0.15) is 27.7 Å². The lowest BCUT2D eigenvalue weighted by molar-refractivity contribution is 1.50. The van der Waals surface area contributed by atoms with E-state index in [1.54, 1.807) is 12.1 Å². The lowest BCUT2D eigenvalue weighted by Crippen LogP contribution is -1.62. The zero-order valence-electron chi connectivity index (χ0n) is 8.07. The van der Waals surface area contributed by atoms with E-state index in [0.29, 0.717) is 10.0 Å². The van der Waals surface area contributed by atoms with Gasteiger partial charge in [0.15, 0.2) is 0 Å². The summed E-state index contributed by atoms with van der Waals surface area (Å²) in [6, 6.07) is 7.19. The molecule has 1 aromatic rings. The normalized spacial score (nSPS) is 7.17. The zero-order chi connectivity index (χ0) is 9.98. The predicted molar refractivity (Wildman–Crippen MR) is 59.2 cm³/mol. The number of hydrogen-bond donors (Lipinski definition) is 0. The summed E-state index contributed by atoms with van der Waals surface area (Å²) in [6.07, 6.45) is 0. The monoisotopic (exact) mass is 206 g/mol. The number of rotatable bonds is 0. The van der Waals surface area contributed by atoms with Crippen molar-refractivity contribution in [1.29, 1.82) is 0 Å². The second-order valence-corrected chi connectivity index (χ2v) is 2.23. The van der Waals surface area contributed by atoms with Crippen molar-refractivity contribution in [3.63, 3.8) is 0 Å². The first-order valence-electron chi connectivity index (χ1n) is 4.21. The van der Waals surface area contributed by atoms with E-state index < -0.39 is 0 Å². The van der Waals surface area contributed by atoms with Gasteiger partial charge in [0.05, 0.1) is 10.0 Å². The molecule has 2 heteroatoms. The van der Waals surface area contributed by atoms with E-state index in [0.717, 1.165) is 0 Å². The first-order chi connectivity index (χ1) is 5.80. The van der Waals surface area contributed by atoms with Gasteiger partial charge < -0.3 is 0 Å². The molecule has 0 aliphatic carbocycles. The number of halogens is 2. The van der Waals surface area contributed by atoms with Gasteiger partial charge in [-0.3, -0.25) is 0 Å². The molecular formula is C10H16Cl2. The second-order valence-electron chi connectivity index (χ2n) is 1.41. The third-order valence-electron chi connectivity index (χ3n) is 0.824. The lowest BCUT2D eigenvalue weighted by Gasteiger charge is -1.88. The molecule has 0 aromatic heterocycles. The van der Waals surface area contributed by atoms with Gasteiger partial charge in [-0.15, -0.1) is 0 Å². The predicted octanol–water partition coefficient (Wildman–Crippen LogP) is 5.05. The van der Waals surface area contributed by atoms with Gasteiger partial charge in [0, 0.05) is 0 Å². The van der Waals surface area contributed by atoms with Gasteiger partial charge in [-0.2, -0.15) is 0 Å². The minimum absolute atomic E-state index is 0.606. The van der Waals surface area contributed by atoms with Crippen molar-refractivity contribution in [2.75, 3.05) is 0 Å². The van der Waals surface area contributed by atoms with Gasteiger partial charge in [-0.05, 0) is 12.1 Å². The van der Waals surface area contributed by atoms with Crippen LogP contribution in [-0.4, -0.2) is 0 Å². The maximum atomic E-state index is 5.58. The van der Waals surface area contributed by atoms with Crippen molar-refractivity contribution in [1.82, 2.24) is 0 Å². The van der Waals surface area contributed by atoms with Gasteiger partial charge >= 0.3 is 0 Å². The van der Waals surface area contributed by atoms with Gasteiger partial charge in [0.2, 0.25) is 0 Å². The molecule has 0 radical (unpaired) electrons. The summed E-state index contributed by atoms with van der Waals surface area (Å²) in [6.45, 7) is 8.00. The molecule has 0 saturated carbocycles.